The monoisotopic (exact) mass is 520 g/mol. The number of piperazine rings is 1. The SMILES string of the molecule is C=C(F)C(=O)N1CCN2C(=O)c3c(N4CCOCC4)nc(-c4c(O)cccc4F)c(Cl)c3OC[C@H]2C1. The Kier molecular flexibility index (Phi) is 6.44. The second-order valence-corrected chi connectivity index (χ2v) is 9.03. The van der Waals surface area contributed by atoms with Gasteiger partial charge >= 0.3 is 0 Å². The molecular weight excluding hydrogens is 498 g/mol. The number of ether oxygens (including phenoxy) is 2. The van der Waals surface area contributed by atoms with Crippen molar-refractivity contribution in [1.29, 1.82) is 0 Å². The van der Waals surface area contributed by atoms with Crippen molar-refractivity contribution in [2.24, 2.45) is 0 Å². The molecule has 5 rings (SSSR count). The molecule has 3 aliphatic heterocycles. The van der Waals surface area contributed by atoms with Crippen LogP contribution in [-0.2, 0) is 9.53 Å². The Morgan fingerprint density at radius 2 is 1.94 bits per heavy atom. The van der Waals surface area contributed by atoms with Gasteiger partial charge in [0.15, 0.2) is 11.6 Å². The van der Waals surface area contributed by atoms with Crippen molar-refractivity contribution < 1.29 is 33.0 Å². The smallest absolute Gasteiger partial charge is 0.282 e. The number of carbonyl (C=O) groups is 2. The molecule has 3 aliphatic rings. The van der Waals surface area contributed by atoms with Gasteiger partial charge in [-0.2, -0.15) is 0 Å². The number of phenolic OH excluding ortho intramolecular Hbond substituents is 1. The van der Waals surface area contributed by atoms with Crippen LogP contribution in [-0.4, -0.2) is 90.3 Å². The van der Waals surface area contributed by atoms with Crippen molar-refractivity contribution >= 4 is 29.2 Å². The lowest BCUT2D eigenvalue weighted by Crippen LogP contribution is -2.57. The average molecular weight is 521 g/mol. The highest BCUT2D eigenvalue weighted by Crippen LogP contribution is 2.46. The van der Waals surface area contributed by atoms with E-state index in [9.17, 15) is 23.5 Å². The van der Waals surface area contributed by atoms with Crippen LogP contribution in [0.3, 0.4) is 0 Å². The first-order valence-electron chi connectivity index (χ1n) is 11.4. The van der Waals surface area contributed by atoms with Crippen LogP contribution in [0.5, 0.6) is 11.5 Å². The number of rotatable bonds is 3. The molecule has 0 aliphatic carbocycles. The fourth-order valence-electron chi connectivity index (χ4n) is 4.72. The molecule has 2 amide bonds. The van der Waals surface area contributed by atoms with E-state index in [-0.39, 0.29) is 65.4 Å². The van der Waals surface area contributed by atoms with Crippen LogP contribution >= 0.6 is 11.6 Å². The molecule has 12 heteroatoms. The first-order valence-corrected chi connectivity index (χ1v) is 11.8. The number of fused-ring (bicyclic) bond motifs is 2. The lowest BCUT2D eigenvalue weighted by Gasteiger charge is -2.39. The zero-order chi connectivity index (χ0) is 25.6. The molecule has 1 N–H and O–H groups in total. The minimum atomic E-state index is -1.08. The maximum absolute atomic E-state index is 14.8. The zero-order valence-electron chi connectivity index (χ0n) is 19.2. The van der Waals surface area contributed by atoms with Crippen LogP contribution < -0.4 is 9.64 Å². The molecule has 190 valence electrons. The first-order chi connectivity index (χ1) is 17.3. The van der Waals surface area contributed by atoms with Gasteiger partial charge in [0.25, 0.3) is 11.8 Å². The number of aromatic hydroxyl groups is 1. The Hall–Kier alpha value is -3.44. The number of hydrogen-bond acceptors (Lipinski definition) is 7. The Morgan fingerprint density at radius 1 is 1.19 bits per heavy atom. The summed E-state index contributed by atoms with van der Waals surface area (Å²) in [5.74, 6) is -3.20. The summed E-state index contributed by atoms with van der Waals surface area (Å²) in [6, 6.07) is 3.25. The van der Waals surface area contributed by atoms with Crippen molar-refractivity contribution in [1.82, 2.24) is 14.8 Å². The highest BCUT2D eigenvalue weighted by molar-refractivity contribution is 6.35. The Morgan fingerprint density at radius 3 is 2.64 bits per heavy atom. The highest BCUT2D eigenvalue weighted by atomic mass is 35.5. The predicted octanol–water partition coefficient (Wildman–Crippen LogP) is 2.61. The predicted molar refractivity (Wildman–Crippen MR) is 126 cm³/mol. The van der Waals surface area contributed by atoms with E-state index in [1.165, 1.54) is 23.1 Å². The summed E-state index contributed by atoms with van der Waals surface area (Å²) >= 11 is 6.67. The van der Waals surface area contributed by atoms with Gasteiger partial charge in [-0.3, -0.25) is 9.59 Å². The van der Waals surface area contributed by atoms with Gasteiger partial charge in [-0.05, 0) is 12.1 Å². The first kappa shape index (κ1) is 24.3. The largest absolute Gasteiger partial charge is 0.507 e. The number of hydrogen-bond donors (Lipinski definition) is 1. The third-order valence-electron chi connectivity index (χ3n) is 6.51. The van der Waals surface area contributed by atoms with Gasteiger partial charge in [-0.1, -0.05) is 24.2 Å². The summed E-state index contributed by atoms with van der Waals surface area (Å²) in [7, 11) is 0. The summed E-state index contributed by atoms with van der Waals surface area (Å²) in [6.07, 6.45) is 0. The van der Waals surface area contributed by atoms with E-state index < -0.39 is 29.5 Å². The lowest BCUT2D eigenvalue weighted by molar-refractivity contribution is -0.131. The molecule has 1 aromatic carbocycles. The Balaban J connectivity index is 1.63. The van der Waals surface area contributed by atoms with Crippen LogP contribution in [0, 0.1) is 5.82 Å². The van der Waals surface area contributed by atoms with Gasteiger partial charge in [0.05, 0.1) is 24.8 Å². The van der Waals surface area contributed by atoms with Crippen LogP contribution in [0.4, 0.5) is 14.6 Å². The highest BCUT2D eigenvalue weighted by Gasteiger charge is 2.41. The summed E-state index contributed by atoms with van der Waals surface area (Å²) in [6.45, 7) is 4.95. The maximum Gasteiger partial charge on any atom is 0.282 e. The van der Waals surface area contributed by atoms with Crippen LogP contribution in [0.25, 0.3) is 11.3 Å². The Bertz CT molecular complexity index is 1230. The topological polar surface area (TPSA) is 95.4 Å². The number of anilines is 1. The Labute approximate surface area is 210 Å². The van der Waals surface area contributed by atoms with E-state index >= 15 is 0 Å². The number of pyridine rings is 1. The number of morpholine rings is 1. The number of benzene rings is 1. The molecule has 0 spiro atoms. The molecule has 2 aromatic rings. The maximum atomic E-state index is 14.8. The molecule has 0 saturated carbocycles. The molecule has 0 bridgehead atoms. The van der Waals surface area contributed by atoms with E-state index in [0.29, 0.717) is 26.3 Å². The summed E-state index contributed by atoms with van der Waals surface area (Å²) in [5, 5.41) is 10.3. The van der Waals surface area contributed by atoms with E-state index in [2.05, 4.69) is 11.6 Å². The van der Waals surface area contributed by atoms with E-state index in [1.54, 1.807) is 4.90 Å². The van der Waals surface area contributed by atoms with Crippen molar-refractivity contribution in [3.05, 3.63) is 47.0 Å². The van der Waals surface area contributed by atoms with Gasteiger partial charge in [0, 0.05) is 32.7 Å². The van der Waals surface area contributed by atoms with Gasteiger partial charge in [0.1, 0.15) is 40.3 Å². The van der Waals surface area contributed by atoms with Crippen LogP contribution in [0.2, 0.25) is 5.02 Å². The quantitative estimate of drug-likeness (QED) is 0.622. The standard InChI is InChI=1S/C24H23ClF2N4O5/c1-13(26)23(33)30-5-6-31-14(11-30)12-36-21-18(24(31)34)22(29-7-9-35-10-8-29)28-20(19(21)25)17-15(27)3-2-4-16(17)32/h2-4,14,32H,1,5-12H2/t14-/m1/s1. The minimum absolute atomic E-state index is 0.0120. The fourth-order valence-corrected chi connectivity index (χ4v) is 5.01. The van der Waals surface area contributed by atoms with Crippen molar-refractivity contribution in [3.8, 4) is 22.8 Å². The van der Waals surface area contributed by atoms with E-state index in [0.717, 1.165) is 0 Å². The van der Waals surface area contributed by atoms with E-state index in [4.69, 9.17) is 21.1 Å². The van der Waals surface area contributed by atoms with Gasteiger partial charge in [-0.15, -0.1) is 0 Å². The number of halogens is 3. The number of aromatic nitrogens is 1. The molecule has 0 radical (unpaired) electrons. The zero-order valence-corrected chi connectivity index (χ0v) is 19.9. The molecule has 1 atom stereocenters. The molecular formula is C24H23ClF2N4O5. The second kappa shape index (κ2) is 9.55. The summed E-state index contributed by atoms with van der Waals surface area (Å²) in [5.41, 5.74) is -0.166. The van der Waals surface area contributed by atoms with E-state index in [1.807, 2.05) is 4.90 Å². The van der Waals surface area contributed by atoms with Crippen molar-refractivity contribution in [2.45, 2.75) is 6.04 Å². The minimum Gasteiger partial charge on any atom is -0.507 e. The van der Waals surface area contributed by atoms with Gasteiger partial charge < -0.3 is 29.3 Å². The molecule has 1 aromatic heterocycles. The van der Waals surface area contributed by atoms with Gasteiger partial charge in [-0.25, -0.2) is 13.8 Å². The van der Waals surface area contributed by atoms with Crippen LogP contribution in [0.15, 0.2) is 30.6 Å². The summed E-state index contributed by atoms with van der Waals surface area (Å²) in [4.78, 5) is 35.2. The lowest BCUT2D eigenvalue weighted by atomic mass is 10.0. The molecule has 9 nitrogen and oxygen atoms in total. The fraction of sp³-hybridized carbons (Fsp3) is 0.375. The number of nitrogens with zero attached hydrogens (tertiary/aromatic N) is 4. The molecule has 36 heavy (non-hydrogen) atoms. The molecule has 0 unspecified atom stereocenters. The third kappa shape index (κ3) is 4.11. The normalized spacial score (nSPS) is 19.8. The molecule has 2 saturated heterocycles. The number of phenols is 1. The number of amides is 2. The number of carbonyl (C=O) groups excluding carboxylic acids is 2. The molecule has 4 heterocycles. The third-order valence-corrected chi connectivity index (χ3v) is 6.86. The van der Waals surface area contributed by atoms with Gasteiger partial charge in [0.2, 0.25) is 0 Å². The molecule has 2 fully saturated rings. The van der Waals surface area contributed by atoms with Crippen molar-refractivity contribution in [3.63, 3.8) is 0 Å². The summed E-state index contributed by atoms with van der Waals surface area (Å²) < 4.78 is 39.8. The average Bonchev–Trinajstić information content (AvgIpc) is 3.02. The van der Waals surface area contributed by atoms with Crippen molar-refractivity contribution in [2.75, 3.05) is 57.4 Å². The van der Waals surface area contributed by atoms with Crippen LogP contribution in [0.1, 0.15) is 10.4 Å². The second-order valence-electron chi connectivity index (χ2n) is 8.65.